The number of anilines is 1. The molecule has 1 aromatic rings. The second-order valence-corrected chi connectivity index (χ2v) is 4.96. The first-order valence-corrected chi connectivity index (χ1v) is 6.76. The zero-order valence-corrected chi connectivity index (χ0v) is 11.3. The number of hydrogen-bond acceptors (Lipinski definition) is 3. The standard InChI is InChI=1S/C14H21F2N3/c1-18(14-11-12(15)3-4-13(14)16)7-2-8-19-9-5-17-6-10-19/h3-4,11,17H,2,5-10H2,1H3. The van der Waals surface area contributed by atoms with Crippen LogP contribution in [0.5, 0.6) is 0 Å². The number of nitrogens with one attached hydrogen (secondary N) is 1. The molecule has 0 bridgehead atoms. The minimum atomic E-state index is -0.398. The van der Waals surface area contributed by atoms with Crippen molar-refractivity contribution >= 4 is 5.69 Å². The molecule has 1 heterocycles. The smallest absolute Gasteiger partial charge is 0.146 e. The summed E-state index contributed by atoms with van der Waals surface area (Å²) in [5.74, 6) is -0.767. The largest absolute Gasteiger partial charge is 0.372 e. The molecule has 0 saturated carbocycles. The molecule has 3 nitrogen and oxygen atoms in total. The lowest BCUT2D eigenvalue weighted by molar-refractivity contribution is 0.239. The van der Waals surface area contributed by atoms with Crippen LogP contribution in [0.2, 0.25) is 0 Å². The highest BCUT2D eigenvalue weighted by Gasteiger charge is 2.11. The summed E-state index contributed by atoms with van der Waals surface area (Å²) in [6.45, 7) is 5.94. The van der Waals surface area contributed by atoms with Crippen molar-refractivity contribution < 1.29 is 8.78 Å². The fourth-order valence-corrected chi connectivity index (χ4v) is 2.37. The number of rotatable bonds is 5. The van der Waals surface area contributed by atoms with Crippen LogP contribution < -0.4 is 10.2 Å². The summed E-state index contributed by atoms with van der Waals surface area (Å²) in [5.41, 5.74) is 0.334. The van der Waals surface area contributed by atoms with Crippen LogP contribution in [0.25, 0.3) is 0 Å². The van der Waals surface area contributed by atoms with Gasteiger partial charge in [-0.3, -0.25) is 0 Å². The van der Waals surface area contributed by atoms with Gasteiger partial charge in [0, 0.05) is 45.8 Å². The molecule has 1 fully saturated rings. The number of nitrogens with zero attached hydrogens (tertiary/aromatic N) is 2. The molecule has 1 aliphatic rings. The van der Waals surface area contributed by atoms with Gasteiger partial charge in [0.2, 0.25) is 0 Å². The fourth-order valence-electron chi connectivity index (χ4n) is 2.37. The Morgan fingerprint density at radius 2 is 2.00 bits per heavy atom. The Balaban J connectivity index is 1.80. The van der Waals surface area contributed by atoms with E-state index in [4.69, 9.17) is 0 Å². The highest BCUT2D eigenvalue weighted by molar-refractivity contribution is 5.47. The maximum absolute atomic E-state index is 13.6. The van der Waals surface area contributed by atoms with E-state index < -0.39 is 5.82 Å². The molecule has 106 valence electrons. The maximum atomic E-state index is 13.6. The molecule has 0 unspecified atom stereocenters. The quantitative estimate of drug-likeness (QED) is 0.877. The van der Waals surface area contributed by atoms with Gasteiger partial charge < -0.3 is 15.1 Å². The maximum Gasteiger partial charge on any atom is 0.146 e. The molecule has 0 atom stereocenters. The topological polar surface area (TPSA) is 18.5 Å². The summed E-state index contributed by atoms with van der Waals surface area (Å²) in [7, 11) is 1.80. The Kier molecular flexibility index (Phi) is 5.10. The van der Waals surface area contributed by atoms with E-state index in [0.717, 1.165) is 51.8 Å². The number of halogens is 2. The van der Waals surface area contributed by atoms with Gasteiger partial charge in [-0.1, -0.05) is 0 Å². The lowest BCUT2D eigenvalue weighted by atomic mass is 10.2. The molecular weight excluding hydrogens is 248 g/mol. The predicted octanol–water partition coefficient (Wildman–Crippen LogP) is 1.70. The molecule has 1 aliphatic heterocycles. The van der Waals surface area contributed by atoms with Crippen molar-refractivity contribution in [3.8, 4) is 0 Å². The average molecular weight is 269 g/mol. The van der Waals surface area contributed by atoms with E-state index in [9.17, 15) is 8.78 Å². The Hall–Kier alpha value is -1.20. The van der Waals surface area contributed by atoms with Gasteiger partial charge in [-0.25, -0.2) is 8.78 Å². The third kappa shape index (κ3) is 4.14. The summed E-state index contributed by atoms with van der Waals surface area (Å²) >= 11 is 0. The molecule has 1 N–H and O–H groups in total. The molecule has 1 saturated heterocycles. The molecule has 1 aromatic carbocycles. The molecule has 0 aliphatic carbocycles. The first kappa shape index (κ1) is 14.2. The van der Waals surface area contributed by atoms with E-state index in [1.807, 2.05) is 0 Å². The van der Waals surface area contributed by atoms with E-state index in [-0.39, 0.29) is 5.82 Å². The van der Waals surface area contributed by atoms with Crippen LogP contribution in [0.4, 0.5) is 14.5 Å². The van der Waals surface area contributed by atoms with Gasteiger partial charge in [0.05, 0.1) is 5.69 Å². The SMILES string of the molecule is CN(CCCN1CCNCC1)c1cc(F)ccc1F. The van der Waals surface area contributed by atoms with Crippen LogP contribution in [0.1, 0.15) is 6.42 Å². The van der Waals surface area contributed by atoms with E-state index >= 15 is 0 Å². The number of hydrogen-bond donors (Lipinski definition) is 1. The van der Waals surface area contributed by atoms with Crippen LogP contribution in [0, 0.1) is 11.6 Å². The summed E-state index contributed by atoms with van der Waals surface area (Å²) in [4.78, 5) is 4.17. The molecular formula is C14H21F2N3. The zero-order valence-electron chi connectivity index (χ0n) is 11.3. The highest BCUT2D eigenvalue weighted by Crippen LogP contribution is 2.19. The van der Waals surface area contributed by atoms with Gasteiger partial charge in [0.25, 0.3) is 0 Å². The highest BCUT2D eigenvalue weighted by atomic mass is 19.1. The predicted molar refractivity (Wildman–Crippen MR) is 73.6 cm³/mol. The van der Waals surface area contributed by atoms with Crippen LogP contribution in [0.15, 0.2) is 18.2 Å². The van der Waals surface area contributed by atoms with Gasteiger partial charge in [0.1, 0.15) is 11.6 Å². The lowest BCUT2D eigenvalue weighted by Gasteiger charge is -2.28. The van der Waals surface area contributed by atoms with Crippen LogP contribution in [-0.4, -0.2) is 51.2 Å². The third-order valence-electron chi connectivity index (χ3n) is 3.50. The molecule has 0 radical (unpaired) electrons. The van der Waals surface area contributed by atoms with Gasteiger partial charge in [0.15, 0.2) is 0 Å². The summed E-state index contributed by atoms with van der Waals surface area (Å²) in [6, 6.07) is 3.57. The van der Waals surface area contributed by atoms with E-state index in [2.05, 4.69) is 10.2 Å². The Morgan fingerprint density at radius 1 is 1.26 bits per heavy atom. The van der Waals surface area contributed by atoms with Crippen molar-refractivity contribution in [2.75, 3.05) is 51.2 Å². The van der Waals surface area contributed by atoms with E-state index in [0.29, 0.717) is 5.69 Å². The van der Waals surface area contributed by atoms with E-state index in [1.54, 1.807) is 11.9 Å². The van der Waals surface area contributed by atoms with Crippen molar-refractivity contribution in [1.82, 2.24) is 10.2 Å². The molecule has 2 rings (SSSR count). The third-order valence-corrected chi connectivity index (χ3v) is 3.50. The van der Waals surface area contributed by atoms with Gasteiger partial charge >= 0.3 is 0 Å². The minimum absolute atomic E-state index is 0.334. The summed E-state index contributed by atoms with van der Waals surface area (Å²) < 4.78 is 26.7. The first-order chi connectivity index (χ1) is 9.16. The average Bonchev–Trinajstić information content (AvgIpc) is 2.42. The second kappa shape index (κ2) is 6.82. The fraction of sp³-hybridized carbons (Fsp3) is 0.571. The molecule has 19 heavy (non-hydrogen) atoms. The Bertz CT molecular complexity index is 406. The molecule has 0 spiro atoms. The number of piperazine rings is 1. The van der Waals surface area contributed by atoms with Crippen molar-refractivity contribution in [3.63, 3.8) is 0 Å². The summed E-state index contributed by atoms with van der Waals surface area (Å²) in [5, 5.41) is 3.31. The van der Waals surface area contributed by atoms with Crippen molar-refractivity contribution in [1.29, 1.82) is 0 Å². The lowest BCUT2D eigenvalue weighted by Crippen LogP contribution is -2.44. The van der Waals surface area contributed by atoms with Gasteiger partial charge in [-0.2, -0.15) is 0 Å². The van der Waals surface area contributed by atoms with Crippen LogP contribution in [-0.2, 0) is 0 Å². The van der Waals surface area contributed by atoms with Crippen LogP contribution >= 0.6 is 0 Å². The van der Waals surface area contributed by atoms with Crippen molar-refractivity contribution in [2.24, 2.45) is 0 Å². The zero-order chi connectivity index (χ0) is 13.7. The normalized spacial score (nSPS) is 16.6. The minimum Gasteiger partial charge on any atom is -0.372 e. The molecule has 5 heteroatoms. The first-order valence-electron chi connectivity index (χ1n) is 6.76. The molecule has 0 amide bonds. The summed E-state index contributed by atoms with van der Waals surface area (Å²) in [6.07, 6.45) is 0.951. The Labute approximate surface area is 113 Å². The van der Waals surface area contributed by atoms with E-state index in [1.165, 1.54) is 12.1 Å². The second-order valence-electron chi connectivity index (χ2n) is 4.96. The van der Waals surface area contributed by atoms with Crippen molar-refractivity contribution in [3.05, 3.63) is 29.8 Å². The van der Waals surface area contributed by atoms with Crippen LogP contribution in [0.3, 0.4) is 0 Å². The Morgan fingerprint density at radius 3 is 2.74 bits per heavy atom. The number of benzene rings is 1. The van der Waals surface area contributed by atoms with Gasteiger partial charge in [-0.05, 0) is 25.1 Å². The monoisotopic (exact) mass is 269 g/mol. The van der Waals surface area contributed by atoms with Gasteiger partial charge in [-0.15, -0.1) is 0 Å². The molecule has 0 aromatic heterocycles. The van der Waals surface area contributed by atoms with Crippen molar-refractivity contribution in [2.45, 2.75) is 6.42 Å².